The minimum Gasteiger partial charge on any atom is -0.352 e. The van der Waals surface area contributed by atoms with E-state index in [1.54, 1.807) is 36.4 Å². The first-order chi connectivity index (χ1) is 14.0. The van der Waals surface area contributed by atoms with Gasteiger partial charge in [-0.25, -0.2) is 8.42 Å². The third kappa shape index (κ3) is 5.82. The van der Waals surface area contributed by atoms with Crippen LogP contribution in [-0.2, 0) is 16.4 Å². The molecule has 0 saturated carbocycles. The third-order valence-electron chi connectivity index (χ3n) is 4.30. The number of sulfonamides is 1. The van der Waals surface area contributed by atoms with Crippen LogP contribution in [0.5, 0.6) is 0 Å². The second-order valence-corrected chi connectivity index (χ2v) is 8.54. The molecule has 0 aliphatic heterocycles. The summed E-state index contributed by atoms with van der Waals surface area (Å²) in [5, 5.41) is 3.57. The summed E-state index contributed by atoms with van der Waals surface area (Å²) in [6, 6.07) is 22.1. The molecule has 7 heteroatoms. The number of carbonyl (C=O) groups is 1. The average Bonchev–Trinajstić information content (AvgIpc) is 2.73. The fourth-order valence-corrected chi connectivity index (χ4v) is 4.12. The second-order valence-electron chi connectivity index (χ2n) is 6.45. The molecule has 3 aromatic rings. The Morgan fingerprint density at radius 3 is 2.38 bits per heavy atom. The molecule has 150 valence electrons. The van der Waals surface area contributed by atoms with Crippen molar-refractivity contribution in [2.45, 2.75) is 17.7 Å². The van der Waals surface area contributed by atoms with Gasteiger partial charge in [-0.15, -0.1) is 0 Å². The average molecular weight is 429 g/mol. The number of nitrogens with one attached hydrogen (secondary N) is 2. The first-order valence-electron chi connectivity index (χ1n) is 9.15. The van der Waals surface area contributed by atoms with Gasteiger partial charge >= 0.3 is 0 Å². The minimum atomic E-state index is -3.71. The summed E-state index contributed by atoms with van der Waals surface area (Å²) in [5.74, 6) is -0.259. The number of amides is 1. The molecule has 3 aromatic carbocycles. The topological polar surface area (TPSA) is 75.3 Å². The van der Waals surface area contributed by atoms with Gasteiger partial charge in [0.1, 0.15) is 0 Å². The van der Waals surface area contributed by atoms with Crippen LogP contribution in [0, 0.1) is 0 Å². The number of aryl methyl sites for hydroxylation is 1. The van der Waals surface area contributed by atoms with Crippen molar-refractivity contribution in [3.05, 3.63) is 95.0 Å². The number of benzene rings is 3. The highest BCUT2D eigenvalue weighted by Crippen LogP contribution is 2.18. The predicted molar refractivity (Wildman–Crippen MR) is 116 cm³/mol. The zero-order valence-electron chi connectivity index (χ0n) is 15.6. The van der Waals surface area contributed by atoms with Gasteiger partial charge in [0.2, 0.25) is 0 Å². The van der Waals surface area contributed by atoms with Gasteiger partial charge in [0, 0.05) is 22.8 Å². The first-order valence-corrected chi connectivity index (χ1v) is 11.0. The van der Waals surface area contributed by atoms with Gasteiger partial charge in [0.25, 0.3) is 15.9 Å². The zero-order chi connectivity index (χ0) is 20.7. The Morgan fingerprint density at radius 1 is 0.897 bits per heavy atom. The van der Waals surface area contributed by atoms with Crippen LogP contribution in [0.3, 0.4) is 0 Å². The molecule has 29 heavy (non-hydrogen) atoms. The van der Waals surface area contributed by atoms with Crippen LogP contribution in [0.2, 0.25) is 5.02 Å². The summed E-state index contributed by atoms with van der Waals surface area (Å²) >= 11 is 6.13. The largest absolute Gasteiger partial charge is 0.352 e. The summed E-state index contributed by atoms with van der Waals surface area (Å²) in [4.78, 5) is 12.6. The lowest BCUT2D eigenvalue weighted by molar-refractivity contribution is 0.0953. The number of carbonyl (C=O) groups excluding carboxylic acids is 1. The minimum absolute atomic E-state index is 0.162. The van der Waals surface area contributed by atoms with E-state index in [0.29, 0.717) is 17.8 Å². The van der Waals surface area contributed by atoms with Crippen molar-refractivity contribution in [1.29, 1.82) is 0 Å². The number of anilines is 1. The van der Waals surface area contributed by atoms with Gasteiger partial charge in [-0.3, -0.25) is 9.52 Å². The van der Waals surface area contributed by atoms with Gasteiger partial charge in [0.15, 0.2) is 0 Å². The molecule has 3 rings (SSSR count). The predicted octanol–water partition coefficient (Wildman–Crippen LogP) is 4.50. The number of hydrogen-bond acceptors (Lipinski definition) is 3. The highest BCUT2D eigenvalue weighted by atomic mass is 35.5. The van der Waals surface area contributed by atoms with E-state index in [2.05, 4.69) is 10.0 Å². The molecule has 0 spiro atoms. The second kappa shape index (κ2) is 9.58. The monoisotopic (exact) mass is 428 g/mol. The van der Waals surface area contributed by atoms with E-state index < -0.39 is 10.0 Å². The molecule has 1 amide bonds. The molecule has 0 saturated heterocycles. The molecule has 0 bridgehead atoms. The summed E-state index contributed by atoms with van der Waals surface area (Å²) in [5.41, 5.74) is 1.76. The van der Waals surface area contributed by atoms with Crippen LogP contribution in [0.15, 0.2) is 83.8 Å². The fraction of sp³-hybridized carbons (Fsp3) is 0.136. The van der Waals surface area contributed by atoms with E-state index >= 15 is 0 Å². The highest BCUT2D eigenvalue weighted by Gasteiger charge is 2.14. The van der Waals surface area contributed by atoms with E-state index in [-0.39, 0.29) is 10.8 Å². The van der Waals surface area contributed by atoms with Crippen LogP contribution < -0.4 is 10.0 Å². The Balaban J connectivity index is 1.57. The number of hydrogen-bond donors (Lipinski definition) is 2. The summed E-state index contributed by atoms with van der Waals surface area (Å²) in [7, 11) is -3.71. The van der Waals surface area contributed by atoms with Crippen LogP contribution >= 0.6 is 11.6 Å². The fourth-order valence-electron chi connectivity index (χ4n) is 2.82. The zero-order valence-corrected chi connectivity index (χ0v) is 17.2. The SMILES string of the molecule is O=C(NCCCc1ccccc1Cl)c1cccc(NS(=O)(=O)c2ccccc2)c1. The molecule has 0 fully saturated rings. The molecule has 0 aliphatic carbocycles. The van der Waals surface area contributed by atoms with Crippen molar-refractivity contribution in [2.75, 3.05) is 11.3 Å². The molecule has 2 N–H and O–H groups in total. The van der Waals surface area contributed by atoms with E-state index in [0.717, 1.165) is 23.4 Å². The van der Waals surface area contributed by atoms with Gasteiger partial charge in [-0.05, 0) is 54.8 Å². The van der Waals surface area contributed by atoms with Crippen LogP contribution in [-0.4, -0.2) is 20.9 Å². The van der Waals surface area contributed by atoms with Crippen LogP contribution in [0.4, 0.5) is 5.69 Å². The normalized spacial score (nSPS) is 11.1. The summed E-state index contributed by atoms with van der Waals surface area (Å²) in [6.07, 6.45) is 1.51. The van der Waals surface area contributed by atoms with E-state index in [4.69, 9.17) is 11.6 Å². The van der Waals surface area contributed by atoms with Crippen molar-refractivity contribution in [1.82, 2.24) is 5.32 Å². The smallest absolute Gasteiger partial charge is 0.261 e. The summed E-state index contributed by atoms with van der Waals surface area (Å²) < 4.78 is 27.4. The molecule has 0 atom stereocenters. The maximum Gasteiger partial charge on any atom is 0.261 e. The molecule has 0 heterocycles. The maximum absolute atomic E-state index is 12.4. The molecular weight excluding hydrogens is 408 g/mol. The van der Waals surface area contributed by atoms with Crippen molar-refractivity contribution in [3.8, 4) is 0 Å². The molecule has 0 aromatic heterocycles. The standard InChI is InChI=1S/C22H21ClN2O3S/c23-21-14-5-4-8-17(21)10-7-15-24-22(26)18-9-6-11-19(16-18)25-29(27,28)20-12-2-1-3-13-20/h1-6,8-9,11-14,16,25H,7,10,15H2,(H,24,26). The van der Waals surface area contributed by atoms with Crippen molar-refractivity contribution >= 4 is 33.2 Å². The van der Waals surface area contributed by atoms with Crippen molar-refractivity contribution in [2.24, 2.45) is 0 Å². The van der Waals surface area contributed by atoms with E-state index in [1.807, 2.05) is 24.3 Å². The molecule has 0 unspecified atom stereocenters. The molecule has 0 radical (unpaired) electrons. The van der Waals surface area contributed by atoms with Crippen LogP contribution in [0.1, 0.15) is 22.3 Å². The van der Waals surface area contributed by atoms with Gasteiger partial charge in [0.05, 0.1) is 4.90 Å². The highest BCUT2D eigenvalue weighted by molar-refractivity contribution is 7.92. The van der Waals surface area contributed by atoms with Gasteiger partial charge in [-0.1, -0.05) is 54.1 Å². The Hall–Kier alpha value is -2.83. The number of halogens is 1. The van der Waals surface area contributed by atoms with Gasteiger partial charge < -0.3 is 5.32 Å². The lowest BCUT2D eigenvalue weighted by atomic mass is 10.1. The maximum atomic E-state index is 12.4. The van der Waals surface area contributed by atoms with E-state index in [1.165, 1.54) is 18.2 Å². The molecule has 5 nitrogen and oxygen atoms in total. The third-order valence-corrected chi connectivity index (χ3v) is 6.06. The molecular formula is C22H21ClN2O3S. The lowest BCUT2D eigenvalue weighted by Gasteiger charge is -2.10. The Kier molecular flexibility index (Phi) is 6.90. The van der Waals surface area contributed by atoms with Crippen molar-refractivity contribution < 1.29 is 13.2 Å². The Labute approximate surface area is 175 Å². The Bertz CT molecular complexity index is 1090. The molecule has 0 aliphatic rings. The van der Waals surface area contributed by atoms with E-state index in [9.17, 15) is 13.2 Å². The summed E-state index contributed by atoms with van der Waals surface area (Å²) in [6.45, 7) is 0.490. The quantitative estimate of drug-likeness (QED) is 0.518. The van der Waals surface area contributed by atoms with Gasteiger partial charge in [-0.2, -0.15) is 0 Å². The number of rotatable bonds is 8. The Morgan fingerprint density at radius 2 is 1.62 bits per heavy atom. The first kappa shape index (κ1) is 20.9. The van der Waals surface area contributed by atoms with Crippen LogP contribution in [0.25, 0.3) is 0 Å². The van der Waals surface area contributed by atoms with Crippen molar-refractivity contribution in [3.63, 3.8) is 0 Å². The lowest BCUT2D eigenvalue weighted by Crippen LogP contribution is -2.25.